The van der Waals surface area contributed by atoms with Gasteiger partial charge in [0, 0.05) is 45.6 Å². The molecule has 0 N–H and O–H groups in total. The monoisotopic (exact) mass is 360 g/mol. The highest BCUT2D eigenvalue weighted by Gasteiger charge is 2.45. The first-order chi connectivity index (χ1) is 12.6. The molecule has 0 bridgehead atoms. The Morgan fingerprint density at radius 2 is 1.92 bits per heavy atom. The molecule has 2 aliphatic carbocycles. The Labute approximate surface area is 156 Å². The number of fused-ring (bicyclic) bond motifs is 1. The summed E-state index contributed by atoms with van der Waals surface area (Å²) in [6.07, 6.45) is 11.6. The van der Waals surface area contributed by atoms with Crippen LogP contribution in [0.4, 0.5) is 0 Å². The van der Waals surface area contributed by atoms with E-state index in [0.717, 1.165) is 24.8 Å². The largest absolute Gasteiger partial charge is 0.366 e. The number of aromatic nitrogens is 2. The van der Waals surface area contributed by atoms with Crippen LogP contribution >= 0.6 is 0 Å². The van der Waals surface area contributed by atoms with Gasteiger partial charge in [-0.2, -0.15) is 5.10 Å². The summed E-state index contributed by atoms with van der Waals surface area (Å²) in [6, 6.07) is 3.02. The highest BCUT2D eigenvalue weighted by atomic mass is 16.5. The average molecular weight is 361 g/mol. The minimum Gasteiger partial charge on any atom is -0.366 e. The maximum atomic E-state index is 12.0. The number of likely N-dealkylation sites (N-methyl/N-ethyl adjacent to an activating group) is 1. The summed E-state index contributed by atoms with van der Waals surface area (Å²) in [5.41, 5.74) is 0. The first-order valence-electron chi connectivity index (χ1n) is 10.2. The molecule has 1 aromatic rings. The van der Waals surface area contributed by atoms with Gasteiger partial charge in [-0.15, -0.1) is 0 Å². The minimum absolute atomic E-state index is 0.0327. The highest BCUT2D eigenvalue weighted by Crippen LogP contribution is 2.44. The number of hydrogen-bond acceptors (Lipinski definition) is 4. The van der Waals surface area contributed by atoms with Gasteiger partial charge in [-0.25, -0.2) is 0 Å². The van der Waals surface area contributed by atoms with Gasteiger partial charge >= 0.3 is 0 Å². The van der Waals surface area contributed by atoms with E-state index in [2.05, 4.69) is 14.7 Å². The molecule has 4 rings (SSSR count). The number of likely N-dealkylation sites (tertiary alicyclic amines) is 1. The molecule has 3 fully saturated rings. The van der Waals surface area contributed by atoms with Crippen LogP contribution < -0.4 is 0 Å². The molecule has 6 nitrogen and oxygen atoms in total. The fourth-order valence-corrected chi connectivity index (χ4v) is 5.24. The molecule has 1 saturated heterocycles. The van der Waals surface area contributed by atoms with E-state index in [0.29, 0.717) is 5.92 Å². The first kappa shape index (κ1) is 18.0. The summed E-state index contributed by atoms with van der Waals surface area (Å²) in [7, 11) is 3.56. The van der Waals surface area contributed by atoms with E-state index in [1.807, 2.05) is 18.5 Å². The lowest BCUT2D eigenvalue weighted by molar-refractivity contribution is -0.138. The van der Waals surface area contributed by atoms with Crippen molar-refractivity contribution in [2.75, 3.05) is 33.8 Å². The summed E-state index contributed by atoms with van der Waals surface area (Å²) in [5, 5.41) is 4.49. The highest BCUT2D eigenvalue weighted by molar-refractivity contribution is 5.76. The third-order valence-electron chi connectivity index (χ3n) is 6.74. The van der Waals surface area contributed by atoms with Gasteiger partial charge < -0.3 is 9.64 Å². The lowest BCUT2D eigenvalue weighted by Gasteiger charge is -2.38. The zero-order chi connectivity index (χ0) is 18.1. The van der Waals surface area contributed by atoms with Crippen molar-refractivity contribution in [2.45, 2.75) is 56.7 Å². The topological polar surface area (TPSA) is 50.6 Å². The molecule has 26 heavy (non-hydrogen) atoms. The van der Waals surface area contributed by atoms with Gasteiger partial charge in [0.2, 0.25) is 5.91 Å². The Morgan fingerprint density at radius 3 is 2.58 bits per heavy atom. The average Bonchev–Trinajstić information content (AvgIpc) is 3.39. The van der Waals surface area contributed by atoms with E-state index in [1.165, 1.54) is 38.8 Å². The molecule has 1 amide bonds. The summed E-state index contributed by atoms with van der Waals surface area (Å²) >= 11 is 0. The molecule has 6 heteroatoms. The van der Waals surface area contributed by atoms with Gasteiger partial charge in [-0.1, -0.05) is 12.8 Å². The van der Waals surface area contributed by atoms with Crippen molar-refractivity contribution < 1.29 is 9.53 Å². The Balaban J connectivity index is 1.45. The van der Waals surface area contributed by atoms with Gasteiger partial charge in [-0.05, 0) is 43.6 Å². The molecule has 2 heterocycles. The molecule has 0 spiro atoms. The van der Waals surface area contributed by atoms with E-state index in [4.69, 9.17) is 4.74 Å². The van der Waals surface area contributed by atoms with Crippen LogP contribution in [0.5, 0.6) is 0 Å². The number of hydrogen-bond donors (Lipinski definition) is 0. The number of carbonyl (C=O) groups is 1. The zero-order valence-electron chi connectivity index (χ0n) is 16.1. The SMILES string of the molecule is CN(C)C(=O)CO[C@H]1C[C@@H]2CN(C3CCCC3)C[C@@H]2C[C@@H]1n1cccn1. The van der Waals surface area contributed by atoms with Crippen LogP contribution in [-0.4, -0.2) is 71.4 Å². The van der Waals surface area contributed by atoms with Gasteiger partial charge in [-0.3, -0.25) is 14.4 Å². The van der Waals surface area contributed by atoms with Crippen molar-refractivity contribution in [1.82, 2.24) is 19.6 Å². The third kappa shape index (κ3) is 3.67. The Hall–Kier alpha value is -1.40. The molecule has 2 saturated carbocycles. The normalized spacial score (nSPS) is 32.7. The van der Waals surface area contributed by atoms with E-state index in [1.54, 1.807) is 19.0 Å². The Kier molecular flexibility index (Phi) is 5.32. The summed E-state index contributed by atoms with van der Waals surface area (Å²) in [4.78, 5) is 16.4. The number of carbonyl (C=O) groups excluding carboxylic acids is 1. The zero-order valence-corrected chi connectivity index (χ0v) is 16.1. The van der Waals surface area contributed by atoms with Crippen molar-refractivity contribution in [2.24, 2.45) is 11.8 Å². The number of rotatable bonds is 5. The van der Waals surface area contributed by atoms with Crippen LogP contribution in [-0.2, 0) is 9.53 Å². The Morgan fingerprint density at radius 1 is 1.19 bits per heavy atom. The van der Waals surface area contributed by atoms with Crippen LogP contribution in [0.25, 0.3) is 0 Å². The molecule has 4 atom stereocenters. The number of ether oxygens (including phenoxy) is 1. The second kappa shape index (κ2) is 7.69. The summed E-state index contributed by atoms with van der Waals surface area (Å²) in [6.45, 7) is 2.61. The number of amides is 1. The van der Waals surface area contributed by atoms with Gasteiger partial charge in [0.15, 0.2) is 0 Å². The van der Waals surface area contributed by atoms with Crippen LogP contribution in [0.2, 0.25) is 0 Å². The lowest BCUT2D eigenvalue weighted by atomic mass is 9.77. The van der Waals surface area contributed by atoms with Gasteiger partial charge in [0.05, 0.1) is 12.1 Å². The quantitative estimate of drug-likeness (QED) is 0.808. The Bertz CT molecular complexity index is 597. The van der Waals surface area contributed by atoms with Crippen LogP contribution in [0.1, 0.15) is 44.6 Å². The summed E-state index contributed by atoms with van der Waals surface area (Å²) in [5.74, 6) is 1.46. The van der Waals surface area contributed by atoms with Crippen molar-refractivity contribution >= 4 is 5.91 Å². The molecule has 0 unspecified atom stereocenters. The molecule has 3 aliphatic rings. The predicted molar refractivity (Wildman–Crippen MR) is 99.7 cm³/mol. The molecular weight excluding hydrogens is 328 g/mol. The standard InChI is InChI=1S/C20H32N4O2/c1-22(2)20(25)14-26-19-11-16-13-23(17-6-3-4-7-17)12-15(16)10-18(19)24-9-5-8-21-24/h5,8-9,15-19H,3-4,6-7,10-14H2,1-2H3/t15-,16+,18-,19-/m0/s1. The van der Waals surface area contributed by atoms with Crippen LogP contribution in [0.15, 0.2) is 18.5 Å². The molecule has 1 aromatic heterocycles. The number of nitrogens with zero attached hydrogens (tertiary/aromatic N) is 4. The fourth-order valence-electron chi connectivity index (χ4n) is 5.24. The molecular formula is C20H32N4O2. The van der Waals surface area contributed by atoms with Crippen LogP contribution in [0.3, 0.4) is 0 Å². The maximum Gasteiger partial charge on any atom is 0.248 e. The van der Waals surface area contributed by atoms with Crippen molar-refractivity contribution in [3.8, 4) is 0 Å². The summed E-state index contributed by atoms with van der Waals surface area (Å²) < 4.78 is 8.20. The maximum absolute atomic E-state index is 12.0. The first-order valence-corrected chi connectivity index (χ1v) is 10.2. The molecule has 144 valence electrons. The van der Waals surface area contributed by atoms with E-state index < -0.39 is 0 Å². The minimum atomic E-state index is 0.0327. The van der Waals surface area contributed by atoms with Gasteiger partial charge in [0.1, 0.15) is 6.61 Å². The van der Waals surface area contributed by atoms with E-state index >= 15 is 0 Å². The van der Waals surface area contributed by atoms with Gasteiger partial charge in [0.25, 0.3) is 0 Å². The smallest absolute Gasteiger partial charge is 0.248 e. The van der Waals surface area contributed by atoms with Crippen molar-refractivity contribution in [1.29, 1.82) is 0 Å². The van der Waals surface area contributed by atoms with E-state index in [9.17, 15) is 4.79 Å². The predicted octanol–water partition coefficient (Wildman–Crippen LogP) is 2.18. The fraction of sp³-hybridized carbons (Fsp3) is 0.800. The van der Waals surface area contributed by atoms with Crippen LogP contribution in [0, 0.1) is 11.8 Å². The molecule has 0 radical (unpaired) electrons. The van der Waals surface area contributed by atoms with Crippen molar-refractivity contribution in [3.05, 3.63) is 18.5 Å². The molecule has 0 aromatic carbocycles. The lowest BCUT2D eigenvalue weighted by Crippen LogP contribution is -2.40. The second-order valence-electron chi connectivity index (χ2n) is 8.57. The van der Waals surface area contributed by atoms with Crippen molar-refractivity contribution in [3.63, 3.8) is 0 Å². The van der Waals surface area contributed by atoms with E-state index in [-0.39, 0.29) is 24.7 Å². The molecule has 1 aliphatic heterocycles. The third-order valence-corrected chi connectivity index (χ3v) is 6.74. The second-order valence-corrected chi connectivity index (χ2v) is 8.57.